The van der Waals surface area contributed by atoms with E-state index in [4.69, 9.17) is 9.47 Å². The smallest absolute Gasteiger partial charge is 0.408 e. The van der Waals surface area contributed by atoms with Crippen LogP contribution in [0.3, 0.4) is 0 Å². The molecule has 2 aromatic carbocycles. The molecule has 12 heteroatoms. The van der Waals surface area contributed by atoms with Crippen LogP contribution >= 0.6 is 0 Å². The fourth-order valence-electron chi connectivity index (χ4n) is 7.41. The van der Waals surface area contributed by atoms with Crippen LogP contribution in [-0.2, 0) is 37.1 Å². The van der Waals surface area contributed by atoms with E-state index in [-0.39, 0.29) is 36.9 Å². The number of hydrogen-bond donors (Lipinski definition) is 1. The van der Waals surface area contributed by atoms with E-state index >= 15 is 0 Å². The van der Waals surface area contributed by atoms with Gasteiger partial charge in [-0.25, -0.2) is 18.2 Å². The van der Waals surface area contributed by atoms with Gasteiger partial charge in [-0.15, -0.1) is 0 Å². The van der Waals surface area contributed by atoms with E-state index in [0.717, 1.165) is 49.4 Å². The van der Waals surface area contributed by atoms with Gasteiger partial charge in [-0.3, -0.25) is 14.2 Å². The molecule has 1 saturated heterocycles. The number of carbonyl (C=O) groups excluding carboxylic acids is 2. The zero-order chi connectivity index (χ0) is 37.5. The first-order valence-corrected chi connectivity index (χ1v) is 20.2. The van der Waals surface area contributed by atoms with Crippen molar-refractivity contribution in [1.29, 1.82) is 0 Å². The predicted molar refractivity (Wildman–Crippen MR) is 201 cm³/mol. The average Bonchev–Trinajstić information content (AvgIpc) is 3.40. The van der Waals surface area contributed by atoms with Gasteiger partial charge < -0.3 is 19.7 Å². The number of esters is 1. The van der Waals surface area contributed by atoms with Crippen LogP contribution in [0.2, 0.25) is 0 Å². The Morgan fingerprint density at radius 3 is 2.40 bits per heavy atom. The molecule has 2 atom stereocenters. The number of aromatic nitrogens is 2. The van der Waals surface area contributed by atoms with Gasteiger partial charge in [0.15, 0.2) is 14.7 Å². The Kier molecular flexibility index (Phi) is 12.5. The highest BCUT2D eigenvalue weighted by Crippen LogP contribution is 2.52. The quantitative estimate of drug-likeness (QED) is 0.181. The summed E-state index contributed by atoms with van der Waals surface area (Å²) in [6.07, 6.45) is 6.44. The zero-order valence-corrected chi connectivity index (χ0v) is 32.0. The van der Waals surface area contributed by atoms with Crippen LogP contribution in [0.15, 0.2) is 70.5 Å². The number of carbonyl (C=O) groups is 2. The van der Waals surface area contributed by atoms with E-state index in [9.17, 15) is 22.8 Å². The minimum absolute atomic E-state index is 0.124. The fourth-order valence-corrected chi connectivity index (χ4v) is 8.65. The third kappa shape index (κ3) is 9.42. The number of anilines is 1. The molecule has 3 aromatic rings. The molecular weight excluding hydrogens is 681 g/mol. The Balaban J connectivity index is 1.36. The number of ether oxygens (including phenoxy) is 2. The maximum atomic E-state index is 14.1. The lowest BCUT2D eigenvalue weighted by Crippen LogP contribution is -2.49. The molecule has 1 unspecified atom stereocenters. The average molecular weight is 735 g/mol. The summed E-state index contributed by atoms with van der Waals surface area (Å²) >= 11 is 0. The summed E-state index contributed by atoms with van der Waals surface area (Å²) in [6.45, 7) is 11.1. The van der Waals surface area contributed by atoms with Gasteiger partial charge in [0.05, 0.1) is 37.6 Å². The highest BCUT2D eigenvalue weighted by atomic mass is 32.2. The van der Waals surface area contributed by atoms with Crippen molar-refractivity contribution < 1.29 is 27.5 Å². The standard InChI is InChI=1S/C40H54N4O7S/c1-6-8-14-29(7-2)28-50-34(45)19-24-52(48,49)33-26-41-37(44(36(33)46)27-30-15-10-9-11-16-30)43-22-20-40(21-23-43)25-31-17-12-13-18-32(31)35(40)42-38(47)51-39(3,4)5/h9-13,15-18,26,29,35H,6-8,14,19-25,27-28H2,1-5H3,(H,42,47)/t29?,35-/m1/s1. The molecule has 2 heterocycles. The lowest BCUT2D eigenvalue weighted by atomic mass is 9.73. The molecule has 282 valence electrons. The molecule has 1 aromatic heterocycles. The molecule has 1 N–H and O–H groups in total. The lowest BCUT2D eigenvalue weighted by Gasteiger charge is -2.44. The highest BCUT2D eigenvalue weighted by molar-refractivity contribution is 7.91. The van der Waals surface area contributed by atoms with Crippen molar-refractivity contribution in [3.8, 4) is 0 Å². The van der Waals surface area contributed by atoms with E-state index in [1.165, 1.54) is 10.1 Å². The second kappa shape index (κ2) is 16.7. The molecule has 2 aliphatic rings. The summed E-state index contributed by atoms with van der Waals surface area (Å²) in [5.41, 5.74) is 1.51. The summed E-state index contributed by atoms with van der Waals surface area (Å²) in [4.78, 5) is 45.9. The molecule has 0 radical (unpaired) electrons. The number of unbranched alkanes of at least 4 members (excludes halogenated alkanes) is 1. The van der Waals surface area contributed by atoms with Crippen molar-refractivity contribution in [2.75, 3.05) is 30.3 Å². The molecule has 1 fully saturated rings. The monoisotopic (exact) mass is 734 g/mol. The summed E-state index contributed by atoms with van der Waals surface area (Å²) < 4.78 is 39.6. The van der Waals surface area contributed by atoms with Gasteiger partial charge in [-0.05, 0) is 69.1 Å². The van der Waals surface area contributed by atoms with Crippen LogP contribution < -0.4 is 15.8 Å². The van der Waals surface area contributed by atoms with Gasteiger partial charge >= 0.3 is 12.1 Å². The van der Waals surface area contributed by atoms with Gasteiger partial charge in [0.2, 0.25) is 5.95 Å². The molecule has 0 saturated carbocycles. The molecule has 1 amide bonds. The second-order valence-electron chi connectivity index (χ2n) is 15.3. The maximum Gasteiger partial charge on any atom is 0.408 e. The number of benzene rings is 2. The first kappa shape index (κ1) is 39.0. The van der Waals surface area contributed by atoms with Crippen molar-refractivity contribution in [3.63, 3.8) is 0 Å². The molecule has 11 nitrogen and oxygen atoms in total. The first-order valence-electron chi connectivity index (χ1n) is 18.6. The van der Waals surface area contributed by atoms with Crippen molar-refractivity contribution in [2.24, 2.45) is 11.3 Å². The summed E-state index contributed by atoms with van der Waals surface area (Å²) in [7, 11) is -4.15. The Labute approximate surface area is 308 Å². The van der Waals surface area contributed by atoms with Crippen LogP contribution in [0.5, 0.6) is 0 Å². The van der Waals surface area contributed by atoms with Gasteiger partial charge in [0.25, 0.3) is 5.56 Å². The van der Waals surface area contributed by atoms with Gasteiger partial charge in [-0.2, -0.15) is 0 Å². The predicted octanol–water partition coefficient (Wildman–Crippen LogP) is 6.62. The van der Waals surface area contributed by atoms with Gasteiger partial charge in [-0.1, -0.05) is 87.7 Å². The second-order valence-corrected chi connectivity index (χ2v) is 17.3. The third-order valence-corrected chi connectivity index (χ3v) is 12.0. The maximum absolute atomic E-state index is 14.1. The number of sulfone groups is 1. The number of fused-ring (bicyclic) bond motifs is 1. The Morgan fingerprint density at radius 2 is 1.73 bits per heavy atom. The van der Waals surface area contributed by atoms with Crippen LogP contribution in [0, 0.1) is 11.3 Å². The van der Waals surface area contributed by atoms with E-state index < -0.39 is 43.7 Å². The minimum Gasteiger partial charge on any atom is -0.465 e. The Morgan fingerprint density at radius 1 is 1.04 bits per heavy atom. The Bertz CT molecular complexity index is 1860. The molecule has 52 heavy (non-hydrogen) atoms. The van der Waals surface area contributed by atoms with E-state index in [2.05, 4.69) is 29.4 Å². The molecule has 0 bridgehead atoms. The topological polar surface area (TPSA) is 137 Å². The van der Waals surface area contributed by atoms with Crippen molar-refractivity contribution in [3.05, 3.63) is 87.8 Å². The summed E-state index contributed by atoms with van der Waals surface area (Å²) in [5.74, 6) is -0.517. The number of nitrogens with one attached hydrogen (secondary N) is 1. The largest absolute Gasteiger partial charge is 0.465 e. The van der Waals surface area contributed by atoms with Crippen LogP contribution in [0.4, 0.5) is 10.7 Å². The number of amides is 1. The number of nitrogens with zero attached hydrogens (tertiary/aromatic N) is 3. The molecule has 1 aliphatic heterocycles. The molecule has 1 aliphatic carbocycles. The molecule has 1 spiro atoms. The number of alkyl carbamates (subject to hydrolysis) is 1. The van der Waals surface area contributed by atoms with Crippen LogP contribution in [0.25, 0.3) is 0 Å². The normalized spacial score (nSPS) is 17.4. The van der Waals surface area contributed by atoms with E-state index in [1.807, 2.05) is 75.1 Å². The van der Waals surface area contributed by atoms with Crippen molar-refractivity contribution in [2.45, 2.75) is 109 Å². The highest BCUT2D eigenvalue weighted by Gasteiger charge is 2.49. The summed E-state index contributed by atoms with van der Waals surface area (Å²) in [6, 6.07) is 17.3. The number of piperidine rings is 1. The van der Waals surface area contributed by atoms with Crippen LogP contribution in [-0.4, -0.2) is 61.1 Å². The SMILES string of the molecule is CCCCC(CC)COC(=O)CCS(=O)(=O)c1cnc(N2CCC3(CC2)Cc2ccccc2[C@H]3NC(=O)OC(C)(C)C)n(Cc2ccccc2)c1=O. The fraction of sp³-hybridized carbons (Fsp3) is 0.550. The number of rotatable bonds is 14. The minimum atomic E-state index is -4.15. The zero-order valence-electron chi connectivity index (χ0n) is 31.2. The Hall–Kier alpha value is -4.19. The first-order chi connectivity index (χ1) is 24.7. The molecule has 5 rings (SSSR count). The van der Waals surface area contributed by atoms with E-state index in [0.29, 0.717) is 31.9 Å². The van der Waals surface area contributed by atoms with Crippen molar-refractivity contribution in [1.82, 2.24) is 14.9 Å². The summed E-state index contributed by atoms with van der Waals surface area (Å²) in [5, 5.41) is 3.18. The van der Waals surface area contributed by atoms with E-state index in [1.54, 1.807) is 0 Å². The van der Waals surface area contributed by atoms with Gasteiger partial charge in [0, 0.05) is 18.5 Å². The lowest BCUT2D eigenvalue weighted by molar-refractivity contribution is -0.144. The third-order valence-electron chi connectivity index (χ3n) is 10.3. The van der Waals surface area contributed by atoms with Crippen molar-refractivity contribution >= 4 is 27.8 Å². The number of hydrogen-bond acceptors (Lipinski definition) is 9. The molecular formula is C40H54N4O7S. The van der Waals surface area contributed by atoms with Gasteiger partial charge in [0.1, 0.15) is 5.60 Å². The van der Waals surface area contributed by atoms with Crippen LogP contribution in [0.1, 0.15) is 102 Å².